The van der Waals surface area contributed by atoms with Gasteiger partial charge in [0, 0.05) is 17.7 Å². The Labute approximate surface area is 110 Å². The Hall–Kier alpha value is -2.41. The van der Waals surface area contributed by atoms with E-state index in [2.05, 4.69) is 15.5 Å². The molecule has 7 heteroatoms. The first kappa shape index (κ1) is 13.0. The average molecular weight is 277 g/mol. The Kier molecular flexibility index (Phi) is 3.76. The van der Waals surface area contributed by atoms with Crippen LogP contribution in [-0.2, 0) is 14.6 Å². The van der Waals surface area contributed by atoms with Crippen molar-refractivity contribution in [3.05, 3.63) is 54.2 Å². The molecule has 0 spiro atoms. The number of nitrogens with zero attached hydrogens (tertiary/aromatic N) is 1. The van der Waals surface area contributed by atoms with Gasteiger partial charge in [0.25, 0.3) is 0 Å². The van der Waals surface area contributed by atoms with Gasteiger partial charge in [-0.1, -0.05) is 18.2 Å². The minimum absolute atomic E-state index is 0.141. The van der Waals surface area contributed by atoms with E-state index >= 15 is 0 Å². The summed E-state index contributed by atoms with van der Waals surface area (Å²) in [4.78, 5) is 11.6. The van der Waals surface area contributed by atoms with Crippen LogP contribution in [-0.4, -0.2) is 24.5 Å². The maximum Gasteiger partial charge on any atom is 0.249 e. The quantitative estimate of drug-likeness (QED) is 0.825. The van der Waals surface area contributed by atoms with Crippen LogP contribution in [0, 0.1) is 0 Å². The Balaban J connectivity index is 2.08. The highest BCUT2D eigenvalue weighted by Crippen LogP contribution is 2.11. The lowest BCUT2D eigenvalue weighted by atomic mass is 10.4. The zero-order chi connectivity index (χ0) is 13.7. The number of carbonyl (C=O) groups is 1. The number of anilines is 1. The second-order valence-electron chi connectivity index (χ2n) is 3.64. The van der Waals surface area contributed by atoms with Crippen LogP contribution in [0.1, 0.15) is 0 Å². The molecule has 0 saturated heterocycles. The van der Waals surface area contributed by atoms with Crippen molar-refractivity contribution in [1.29, 1.82) is 0 Å². The fourth-order valence-corrected chi connectivity index (χ4v) is 2.34. The van der Waals surface area contributed by atoms with Gasteiger partial charge in [-0.2, -0.15) is 5.10 Å². The van der Waals surface area contributed by atoms with Gasteiger partial charge in [0.15, 0.2) is 9.84 Å². The molecule has 6 nitrogen and oxygen atoms in total. The van der Waals surface area contributed by atoms with Crippen LogP contribution < -0.4 is 5.32 Å². The molecule has 0 aliphatic rings. The number of aromatic nitrogens is 2. The molecule has 2 aromatic rings. The van der Waals surface area contributed by atoms with Crippen molar-refractivity contribution in [2.24, 2.45) is 0 Å². The maximum atomic E-state index is 11.9. The van der Waals surface area contributed by atoms with E-state index in [1.807, 2.05) is 0 Å². The van der Waals surface area contributed by atoms with Gasteiger partial charge in [0.2, 0.25) is 5.91 Å². The molecule has 1 aromatic carbocycles. The van der Waals surface area contributed by atoms with Crippen molar-refractivity contribution < 1.29 is 13.2 Å². The van der Waals surface area contributed by atoms with Crippen LogP contribution in [0.3, 0.4) is 0 Å². The highest BCUT2D eigenvalue weighted by atomic mass is 32.2. The van der Waals surface area contributed by atoms with Gasteiger partial charge in [-0.15, -0.1) is 0 Å². The van der Waals surface area contributed by atoms with E-state index in [9.17, 15) is 13.2 Å². The lowest BCUT2D eigenvalue weighted by molar-refractivity contribution is -0.111. The van der Waals surface area contributed by atoms with E-state index in [4.69, 9.17) is 0 Å². The molecule has 2 N–H and O–H groups in total. The number of hydrogen-bond donors (Lipinski definition) is 2. The number of amides is 1. The summed E-state index contributed by atoms with van der Waals surface area (Å²) in [6.45, 7) is 0. The van der Waals surface area contributed by atoms with E-state index in [1.165, 1.54) is 24.5 Å². The van der Waals surface area contributed by atoms with Crippen LogP contribution in [0.5, 0.6) is 0 Å². The molecular formula is C12H11N3O3S. The van der Waals surface area contributed by atoms with E-state index in [-0.39, 0.29) is 4.90 Å². The smallest absolute Gasteiger partial charge is 0.249 e. The van der Waals surface area contributed by atoms with E-state index in [1.54, 1.807) is 18.2 Å². The summed E-state index contributed by atoms with van der Waals surface area (Å²) < 4.78 is 23.7. The van der Waals surface area contributed by atoms with Crippen LogP contribution >= 0.6 is 0 Å². The van der Waals surface area contributed by atoms with E-state index in [0.717, 1.165) is 11.5 Å². The van der Waals surface area contributed by atoms with Crippen LogP contribution in [0.2, 0.25) is 0 Å². The summed E-state index contributed by atoms with van der Waals surface area (Å²) in [5, 5.41) is 9.51. The Morgan fingerprint density at radius 1 is 1.26 bits per heavy atom. The molecule has 98 valence electrons. The number of H-pyrrole nitrogens is 1. The number of aromatic amines is 1. The van der Waals surface area contributed by atoms with Gasteiger partial charge in [-0.05, 0) is 12.1 Å². The van der Waals surface area contributed by atoms with Crippen LogP contribution in [0.25, 0.3) is 0 Å². The first-order chi connectivity index (χ1) is 9.08. The molecule has 1 heterocycles. The molecule has 0 unspecified atom stereocenters. The summed E-state index contributed by atoms with van der Waals surface area (Å²) in [6, 6.07) is 7.88. The minimum atomic E-state index is -3.60. The number of nitrogens with one attached hydrogen (secondary N) is 2. The zero-order valence-electron chi connectivity index (χ0n) is 9.78. The molecule has 0 fully saturated rings. The molecular weight excluding hydrogens is 266 g/mol. The normalized spacial score (nSPS) is 11.6. The first-order valence-corrected chi connectivity index (χ1v) is 6.90. The zero-order valence-corrected chi connectivity index (χ0v) is 10.6. The number of carbonyl (C=O) groups excluding carboxylic acids is 1. The van der Waals surface area contributed by atoms with Gasteiger partial charge in [-0.3, -0.25) is 9.89 Å². The van der Waals surface area contributed by atoms with Crippen LogP contribution in [0.15, 0.2) is 59.1 Å². The summed E-state index contributed by atoms with van der Waals surface area (Å²) in [7, 11) is -3.60. The van der Waals surface area contributed by atoms with Crippen molar-refractivity contribution in [3.63, 3.8) is 0 Å². The second kappa shape index (κ2) is 5.49. The molecule has 0 aliphatic heterocycles. The third-order valence-electron chi connectivity index (χ3n) is 2.24. The van der Waals surface area contributed by atoms with Gasteiger partial charge in [-0.25, -0.2) is 8.42 Å². The molecule has 0 radical (unpaired) electrons. The topological polar surface area (TPSA) is 91.9 Å². The molecule has 1 amide bonds. The second-order valence-corrected chi connectivity index (χ2v) is 5.47. The van der Waals surface area contributed by atoms with Gasteiger partial charge in [0.1, 0.15) is 0 Å². The SMILES string of the molecule is O=C(/C=C/S(=O)(=O)c1ccccc1)Nc1cn[nH]c1. The molecule has 2 rings (SSSR count). The summed E-state index contributed by atoms with van der Waals surface area (Å²) in [6.07, 6.45) is 3.87. The van der Waals surface area contributed by atoms with Gasteiger partial charge in [0.05, 0.1) is 16.8 Å². The third kappa shape index (κ3) is 3.52. The summed E-state index contributed by atoms with van der Waals surface area (Å²) in [5.41, 5.74) is 0.465. The maximum absolute atomic E-state index is 11.9. The van der Waals surface area contributed by atoms with E-state index in [0.29, 0.717) is 5.69 Å². The minimum Gasteiger partial charge on any atom is -0.320 e. The van der Waals surface area contributed by atoms with Crippen molar-refractivity contribution in [2.75, 3.05) is 5.32 Å². The summed E-state index contributed by atoms with van der Waals surface area (Å²) >= 11 is 0. The molecule has 0 aliphatic carbocycles. The lowest BCUT2D eigenvalue weighted by Gasteiger charge is -1.98. The fourth-order valence-electron chi connectivity index (χ4n) is 1.34. The van der Waals surface area contributed by atoms with E-state index < -0.39 is 15.7 Å². The standard InChI is InChI=1S/C12H11N3O3S/c16-12(15-10-8-13-14-9-10)6-7-19(17,18)11-4-2-1-3-5-11/h1-9H,(H,13,14)(H,15,16)/b7-6+. The number of rotatable bonds is 4. The van der Waals surface area contributed by atoms with Crippen molar-refractivity contribution in [3.8, 4) is 0 Å². The van der Waals surface area contributed by atoms with Crippen molar-refractivity contribution in [2.45, 2.75) is 4.90 Å². The highest BCUT2D eigenvalue weighted by Gasteiger charge is 2.10. The largest absolute Gasteiger partial charge is 0.320 e. The average Bonchev–Trinajstić information content (AvgIpc) is 2.90. The number of benzene rings is 1. The van der Waals surface area contributed by atoms with Crippen LogP contribution in [0.4, 0.5) is 5.69 Å². The first-order valence-electron chi connectivity index (χ1n) is 5.36. The lowest BCUT2D eigenvalue weighted by Crippen LogP contribution is -2.08. The predicted octanol–water partition coefficient (Wildman–Crippen LogP) is 1.34. The third-order valence-corrected chi connectivity index (χ3v) is 3.66. The fraction of sp³-hybridized carbons (Fsp3) is 0. The number of sulfone groups is 1. The monoisotopic (exact) mass is 277 g/mol. The van der Waals surface area contributed by atoms with Crippen molar-refractivity contribution in [1.82, 2.24) is 10.2 Å². The summed E-state index contributed by atoms with van der Waals surface area (Å²) in [5.74, 6) is -0.541. The van der Waals surface area contributed by atoms with Crippen molar-refractivity contribution >= 4 is 21.4 Å². The Morgan fingerprint density at radius 3 is 2.63 bits per heavy atom. The van der Waals surface area contributed by atoms with Gasteiger partial charge < -0.3 is 5.32 Å². The molecule has 19 heavy (non-hydrogen) atoms. The molecule has 1 aromatic heterocycles. The molecule has 0 atom stereocenters. The predicted molar refractivity (Wildman–Crippen MR) is 70.0 cm³/mol. The number of hydrogen-bond acceptors (Lipinski definition) is 4. The Morgan fingerprint density at radius 2 is 2.00 bits per heavy atom. The molecule has 0 bridgehead atoms. The molecule has 0 saturated carbocycles. The Bertz CT molecular complexity index is 676. The van der Waals surface area contributed by atoms with Gasteiger partial charge >= 0.3 is 0 Å². The highest BCUT2D eigenvalue weighted by molar-refractivity contribution is 7.94.